The molecule has 1 aliphatic rings. The normalized spacial score (nSPS) is 15.5. The van der Waals surface area contributed by atoms with Gasteiger partial charge in [0.05, 0.1) is 43.1 Å². The Morgan fingerprint density at radius 3 is 3.00 bits per heavy atom. The summed E-state index contributed by atoms with van der Waals surface area (Å²) in [7, 11) is 1.65. The number of ether oxygens (including phenoxy) is 3. The molecule has 1 aliphatic heterocycles. The average Bonchev–Trinajstić information content (AvgIpc) is 3.45. The van der Waals surface area contributed by atoms with Crippen molar-refractivity contribution >= 4 is 51.3 Å². The van der Waals surface area contributed by atoms with Crippen LogP contribution in [-0.4, -0.2) is 59.7 Å². The molecule has 0 saturated carbocycles. The van der Waals surface area contributed by atoms with E-state index in [0.717, 1.165) is 38.1 Å². The van der Waals surface area contributed by atoms with Crippen molar-refractivity contribution in [2.75, 3.05) is 38.2 Å². The molecular weight excluding hydrogens is 460 g/mol. The maximum Gasteiger partial charge on any atom is 0.306 e. The van der Waals surface area contributed by atoms with Crippen molar-refractivity contribution in [2.45, 2.75) is 23.6 Å². The third-order valence-electron chi connectivity index (χ3n) is 4.81. The van der Waals surface area contributed by atoms with E-state index < -0.39 is 0 Å². The summed E-state index contributed by atoms with van der Waals surface area (Å²) < 4.78 is 19.4. The summed E-state index contributed by atoms with van der Waals surface area (Å²) in [6.07, 6.45) is 2.12. The molecule has 3 aromatic rings. The van der Waals surface area contributed by atoms with Gasteiger partial charge in [-0.3, -0.25) is 9.79 Å². The number of pyridine rings is 1. The van der Waals surface area contributed by atoms with Crippen LogP contribution in [-0.2, 0) is 14.3 Å². The van der Waals surface area contributed by atoms with E-state index in [1.54, 1.807) is 25.1 Å². The Hall–Kier alpha value is -2.69. The number of H-pyrrole nitrogens is 1. The van der Waals surface area contributed by atoms with Crippen molar-refractivity contribution < 1.29 is 19.0 Å². The summed E-state index contributed by atoms with van der Waals surface area (Å²) in [4.78, 5) is 24.3. The maximum atomic E-state index is 11.8. The number of nitrogens with one attached hydrogen (secondary N) is 2. The van der Waals surface area contributed by atoms with E-state index in [1.165, 1.54) is 11.9 Å². The molecule has 2 N–H and O–H groups in total. The van der Waals surface area contributed by atoms with Gasteiger partial charge >= 0.3 is 5.97 Å². The predicted octanol–water partition coefficient (Wildman–Crippen LogP) is 4.52. The molecule has 0 saturated heterocycles. The lowest BCUT2D eigenvalue weighted by Gasteiger charge is -2.10. The van der Waals surface area contributed by atoms with Crippen LogP contribution in [0.15, 0.2) is 52.6 Å². The first kappa shape index (κ1) is 23.5. The summed E-state index contributed by atoms with van der Waals surface area (Å²) in [6, 6.07) is 11.8. The fourth-order valence-electron chi connectivity index (χ4n) is 3.33. The molecule has 0 radical (unpaired) electrons. The van der Waals surface area contributed by atoms with Crippen LogP contribution < -0.4 is 9.46 Å². The SMILES string of the molecule is CCOC(=O)CC1CN=C(c2cc3cc(OCCOC)cc(NSc4ccccn4)c3[nH]2)S1. The van der Waals surface area contributed by atoms with E-state index in [-0.39, 0.29) is 11.2 Å². The van der Waals surface area contributed by atoms with Crippen LogP contribution >= 0.6 is 23.7 Å². The second-order valence-corrected chi connectivity index (χ2v) is 9.34. The highest BCUT2D eigenvalue weighted by Crippen LogP contribution is 2.35. The Kier molecular flexibility index (Phi) is 8.14. The highest BCUT2D eigenvalue weighted by molar-refractivity contribution is 8.15. The zero-order valence-corrected chi connectivity index (χ0v) is 20.1. The van der Waals surface area contributed by atoms with Crippen molar-refractivity contribution in [3.8, 4) is 5.75 Å². The van der Waals surface area contributed by atoms with Crippen LogP contribution in [0.5, 0.6) is 5.75 Å². The van der Waals surface area contributed by atoms with Crippen molar-refractivity contribution in [3.05, 3.63) is 48.3 Å². The Balaban J connectivity index is 1.54. The molecule has 174 valence electrons. The summed E-state index contributed by atoms with van der Waals surface area (Å²) in [5, 5.41) is 2.85. The van der Waals surface area contributed by atoms with Gasteiger partial charge in [-0.25, -0.2) is 4.98 Å². The van der Waals surface area contributed by atoms with E-state index >= 15 is 0 Å². The smallest absolute Gasteiger partial charge is 0.306 e. The number of aromatic nitrogens is 2. The maximum absolute atomic E-state index is 11.8. The molecule has 1 unspecified atom stereocenters. The number of aliphatic imine (C=N–C) groups is 1. The summed E-state index contributed by atoms with van der Waals surface area (Å²) in [6.45, 7) is 3.78. The van der Waals surface area contributed by atoms with E-state index in [9.17, 15) is 4.79 Å². The molecule has 0 aliphatic carbocycles. The van der Waals surface area contributed by atoms with E-state index in [2.05, 4.69) is 25.7 Å². The lowest BCUT2D eigenvalue weighted by molar-refractivity contribution is -0.143. The Morgan fingerprint density at radius 2 is 2.21 bits per heavy atom. The van der Waals surface area contributed by atoms with Crippen molar-refractivity contribution in [1.82, 2.24) is 9.97 Å². The van der Waals surface area contributed by atoms with Gasteiger partial charge in [0.1, 0.15) is 22.4 Å². The zero-order valence-electron chi connectivity index (χ0n) is 18.5. The average molecular weight is 487 g/mol. The summed E-state index contributed by atoms with van der Waals surface area (Å²) >= 11 is 3.04. The minimum atomic E-state index is -0.182. The monoisotopic (exact) mass is 486 g/mol. The van der Waals surface area contributed by atoms with Gasteiger partial charge < -0.3 is 23.9 Å². The first-order valence-corrected chi connectivity index (χ1v) is 12.4. The molecule has 0 bridgehead atoms. The number of fused-ring (bicyclic) bond motifs is 1. The zero-order chi connectivity index (χ0) is 23.0. The number of methoxy groups -OCH3 is 1. The lowest BCUT2D eigenvalue weighted by atomic mass is 10.2. The molecule has 4 rings (SSSR count). The second kappa shape index (κ2) is 11.4. The molecule has 2 aromatic heterocycles. The number of anilines is 1. The number of esters is 1. The van der Waals surface area contributed by atoms with Crippen LogP contribution in [0.2, 0.25) is 0 Å². The molecule has 1 aromatic carbocycles. The first-order chi connectivity index (χ1) is 16.2. The molecule has 0 spiro atoms. The summed E-state index contributed by atoms with van der Waals surface area (Å²) in [5.74, 6) is 0.564. The summed E-state index contributed by atoms with van der Waals surface area (Å²) in [5.41, 5.74) is 2.75. The molecular formula is C23H26N4O4S2. The van der Waals surface area contributed by atoms with Gasteiger partial charge in [-0.1, -0.05) is 17.8 Å². The van der Waals surface area contributed by atoms with Crippen LogP contribution in [0, 0.1) is 0 Å². The van der Waals surface area contributed by atoms with Crippen molar-refractivity contribution in [2.24, 2.45) is 4.99 Å². The molecule has 8 nitrogen and oxygen atoms in total. The number of carbonyl (C=O) groups is 1. The molecule has 0 amide bonds. The number of benzene rings is 1. The third kappa shape index (κ3) is 6.21. The largest absolute Gasteiger partial charge is 0.491 e. The van der Waals surface area contributed by atoms with E-state index in [0.29, 0.717) is 32.8 Å². The molecule has 1 atom stereocenters. The number of nitrogens with zero attached hydrogens (tertiary/aromatic N) is 2. The fourth-order valence-corrected chi connectivity index (χ4v) is 5.04. The number of hydrogen-bond acceptors (Lipinski definition) is 9. The number of carbonyl (C=O) groups excluding carboxylic acids is 1. The van der Waals surface area contributed by atoms with Crippen molar-refractivity contribution in [1.29, 1.82) is 0 Å². The first-order valence-electron chi connectivity index (χ1n) is 10.7. The quantitative estimate of drug-likeness (QED) is 0.232. The van der Waals surface area contributed by atoms with Gasteiger partial charge in [0, 0.05) is 42.0 Å². The van der Waals surface area contributed by atoms with Crippen LogP contribution in [0.4, 0.5) is 5.69 Å². The molecule has 0 fully saturated rings. The van der Waals surface area contributed by atoms with Gasteiger partial charge in [0.2, 0.25) is 0 Å². The molecule has 3 heterocycles. The molecule has 10 heteroatoms. The van der Waals surface area contributed by atoms with Crippen LogP contribution in [0.25, 0.3) is 10.9 Å². The minimum absolute atomic E-state index is 0.0932. The van der Waals surface area contributed by atoms with Crippen molar-refractivity contribution in [3.63, 3.8) is 0 Å². The van der Waals surface area contributed by atoms with Crippen LogP contribution in [0.1, 0.15) is 19.0 Å². The third-order valence-corrected chi connectivity index (χ3v) is 6.80. The standard InChI is InChI=1S/C23H26N4O4S2/c1-3-30-21(28)13-17-14-25-23(32-17)19-11-15-10-16(31-9-8-29-2)12-18(22(15)26-19)27-33-20-6-4-5-7-24-20/h4-7,10-12,17,26-27H,3,8-9,13-14H2,1-2H3. The minimum Gasteiger partial charge on any atom is -0.491 e. The highest BCUT2D eigenvalue weighted by Gasteiger charge is 2.25. The topological polar surface area (TPSA) is 97.8 Å². The van der Waals surface area contributed by atoms with Crippen LogP contribution in [0.3, 0.4) is 0 Å². The van der Waals surface area contributed by atoms with Gasteiger partial charge in [0.25, 0.3) is 0 Å². The molecule has 33 heavy (non-hydrogen) atoms. The highest BCUT2D eigenvalue weighted by atomic mass is 32.2. The lowest BCUT2D eigenvalue weighted by Crippen LogP contribution is -2.14. The fraction of sp³-hybridized carbons (Fsp3) is 0.348. The van der Waals surface area contributed by atoms with Gasteiger partial charge in [-0.05, 0) is 31.2 Å². The Morgan fingerprint density at radius 1 is 1.30 bits per heavy atom. The number of thioether (sulfide) groups is 1. The number of aromatic amines is 1. The number of rotatable bonds is 11. The van der Waals surface area contributed by atoms with E-state index in [4.69, 9.17) is 14.2 Å². The predicted molar refractivity (Wildman–Crippen MR) is 133 cm³/mol. The van der Waals surface area contributed by atoms with Gasteiger partial charge in [-0.15, -0.1) is 0 Å². The van der Waals surface area contributed by atoms with Gasteiger partial charge in [0.15, 0.2) is 0 Å². The Bertz CT molecular complexity index is 1120. The Labute approximate surface area is 201 Å². The number of hydrogen-bond donors (Lipinski definition) is 2. The van der Waals surface area contributed by atoms with Gasteiger partial charge in [-0.2, -0.15) is 0 Å². The second-order valence-electron chi connectivity index (χ2n) is 7.23. The van der Waals surface area contributed by atoms with E-state index in [1.807, 2.05) is 37.3 Å².